The van der Waals surface area contributed by atoms with Gasteiger partial charge in [-0.25, -0.2) is 14.4 Å². The van der Waals surface area contributed by atoms with Gasteiger partial charge >= 0.3 is 30.4 Å². The standard InChI is InChI=1S/C28H30N2O5.C26H22F4N2O5/c1-2-3-4-15-33-25-12-8-22(9-13-25)28(32)35-26-10-5-20(6-11-26)7-14-27(31)34-19-21-16-23(29)18-24(30)17-21;27-25(28)26(29,30)37-23-9-4-18(5-10-23)24(34)36-22-7-2-16(3-8-22)1-6-21(33)15-35-14-17-11-19(31)13-20(32)12-17/h5-14,16-18H,2-4,15,19,29-30H2,1H3;1-13,25H,14-15,31-32H2/b14-7+;6-1+. The Morgan fingerprint density at radius 2 is 1.01 bits per heavy atom. The molecule has 0 heterocycles. The summed E-state index contributed by atoms with van der Waals surface area (Å²) in [5, 5.41) is 0. The SMILES string of the molecule is CCCCCOc1ccc(C(=O)Oc2ccc(/C=C/C(=O)OCc3cc(N)cc(N)c3)cc2)cc1.Nc1cc(N)cc(COCC(=O)/C=C/c2ccc(OC(=O)c3ccc(OC(F)(F)C(F)F)cc3)cc2)c1. The highest BCUT2D eigenvalue weighted by molar-refractivity contribution is 5.95. The fourth-order valence-electron chi connectivity index (χ4n) is 6.25. The van der Waals surface area contributed by atoms with Crippen LogP contribution in [0.15, 0.2) is 146 Å². The van der Waals surface area contributed by atoms with Crippen molar-refractivity contribution in [3.63, 3.8) is 0 Å². The van der Waals surface area contributed by atoms with Gasteiger partial charge in [-0.15, -0.1) is 0 Å². The van der Waals surface area contributed by atoms with E-state index in [0.717, 1.165) is 60.4 Å². The van der Waals surface area contributed by atoms with Crippen LogP contribution < -0.4 is 41.9 Å². The lowest BCUT2D eigenvalue weighted by molar-refractivity contribution is -0.253. The van der Waals surface area contributed by atoms with Crippen LogP contribution in [0.1, 0.15) is 69.2 Å². The van der Waals surface area contributed by atoms with E-state index >= 15 is 0 Å². The maximum atomic E-state index is 13.0. The molecule has 8 N–H and O–H groups in total. The Kier molecular flexibility index (Phi) is 20.3. The number of ketones is 1. The highest BCUT2D eigenvalue weighted by Gasteiger charge is 2.44. The molecule has 0 aliphatic rings. The van der Waals surface area contributed by atoms with Crippen LogP contribution in [-0.2, 0) is 32.3 Å². The van der Waals surface area contributed by atoms with Crippen LogP contribution in [0.5, 0.6) is 23.0 Å². The van der Waals surface area contributed by atoms with E-state index in [2.05, 4.69) is 11.7 Å². The molecule has 0 aromatic heterocycles. The van der Waals surface area contributed by atoms with Gasteiger partial charge in [0, 0.05) is 28.8 Å². The second kappa shape index (κ2) is 26.9. The van der Waals surface area contributed by atoms with Crippen molar-refractivity contribution in [3.05, 3.63) is 179 Å². The Morgan fingerprint density at radius 1 is 0.569 bits per heavy atom. The number of hydrogen-bond acceptors (Lipinski definition) is 14. The molecule has 0 unspecified atom stereocenters. The predicted octanol–water partition coefficient (Wildman–Crippen LogP) is 10.5. The summed E-state index contributed by atoms with van der Waals surface area (Å²) in [6.07, 6.45) is 0.459. The lowest BCUT2D eigenvalue weighted by Crippen LogP contribution is -2.33. The number of rotatable bonds is 22. The van der Waals surface area contributed by atoms with E-state index in [0.29, 0.717) is 51.8 Å². The van der Waals surface area contributed by atoms with E-state index in [9.17, 15) is 36.7 Å². The first-order valence-corrected chi connectivity index (χ1v) is 22.2. The molecule has 6 rings (SSSR count). The number of ether oxygens (including phenoxy) is 6. The highest BCUT2D eigenvalue weighted by atomic mass is 19.3. The molecule has 0 aliphatic carbocycles. The monoisotopic (exact) mass is 992 g/mol. The lowest BCUT2D eigenvalue weighted by Gasteiger charge is -2.16. The number of benzene rings is 6. The van der Waals surface area contributed by atoms with Crippen molar-refractivity contribution in [1.82, 2.24) is 0 Å². The summed E-state index contributed by atoms with van der Waals surface area (Å²) in [7, 11) is 0. The number of esters is 3. The van der Waals surface area contributed by atoms with Crippen molar-refractivity contribution >= 4 is 58.6 Å². The van der Waals surface area contributed by atoms with Gasteiger partial charge in [0.2, 0.25) is 0 Å². The summed E-state index contributed by atoms with van der Waals surface area (Å²) >= 11 is 0. The summed E-state index contributed by atoms with van der Waals surface area (Å²) in [5.74, 6) is -1.26. The minimum absolute atomic E-state index is 0.0110. The number of halogens is 4. The molecule has 0 atom stereocenters. The van der Waals surface area contributed by atoms with E-state index < -0.39 is 36.2 Å². The van der Waals surface area contributed by atoms with Crippen molar-refractivity contribution in [2.75, 3.05) is 36.1 Å². The van der Waals surface area contributed by atoms with Crippen LogP contribution in [0.2, 0.25) is 0 Å². The van der Waals surface area contributed by atoms with Gasteiger partial charge in [-0.05, 0) is 150 Å². The average Bonchev–Trinajstić information content (AvgIpc) is 3.34. The third-order valence-electron chi connectivity index (χ3n) is 9.73. The minimum atomic E-state index is -4.65. The molecule has 6 aromatic rings. The predicted molar refractivity (Wildman–Crippen MR) is 265 cm³/mol. The molecule has 0 saturated carbocycles. The van der Waals surface area contributed by atoms with Crippen molar-refractivity contribution < 1.29 is 65.2 Å². The molecule has 0 spiro atoms. The van der Waals surface area contributed by atoms with Crippen molar-refractivity contribution in [2.24, 2.45) is 0 Å². The van der Waals surface area contributed by atoms with Crippen LogP contribution in [0.25, 0.3) is 12.2 Å². The maximum Gasteiger partial charge on any atom is 0.461 e. The van der Waals surface area contributed by atoms with E-state index in [1.54, 1.807) is 109 Å². The second-order valence-corrected chi connectivity index (χ2v) is 15.7. The molecule has 14 nitrogen and oxygen atoms in total. The Balaban J connectivity index is 0.000000268. The first-order chi connectivity index (χ1) is 34.4. The summed E-state index contributed by atoms with van der Waals surface area (Å²) < 4.78 is 81.1. The second-order valence-electron chi connectivity index (χ2n) is 15.7. The van der Waals surface area contributed by atoms with Crippen LogP contribution in [-0.4, -0.2) is 49.4 Å². The summed E-state index contributed by atoms with van der Waals surface area (Å²) in [5.41, 5.74) is 28.2. The molecule has 0 amide bonds. The normalized spacial score (nSPS) is 11.2. The lowest BCUT2D eigenvalue weighted by atomic mass is 10.2. The van der Waals surface area contributed by atoms with Gasteiger partial charge in [0.1, 0.15) is 36.2 Å². The van der Waals surface area contributed by atoms with Crippen LogP contribution in [0.3, 0.4) is 0 Å². The molecule has 0 radical (unpaired) electrons. The van der Waals surface area contributed by atoms with Crippen molar-refractivity contribution in [3.8, 4) is 23.0 Å². The summed E-state index contributed by atoms with van der Waals surface area (Å²) in [6, 6.07) is 34.0. The van der Waals surface area contributed by atoms with Gasteiger partial charge < -0.3 is 51.4 Å². The minimum Gasteiger partial charge on any atom is -0.494 e. The fourth-order valence-corrected chi connectivity index (χ4v) is 6.25. The number of unbranched alkanes of at least 4 members (excludes halogenated alkanes) is 2. The van der Waals surface area contributed by atoms with Gasteiger partial charge in [0.25, 0.3) is 0 Å². The van der Waals surface area contributed by atoms with E-state index in [-0.39, 0.29) is 36.9 Å². The summed E-state index contributed by atoms with van der Waals surface area (Å²) in [6.45, 7) is 2.90. The molecule has 0 bridgehead atoms. The molecule has 0 fully saturated rings. The topological polar surface area (TPSA) is 228 Å². The number of carbonyl (C=O) groups is 4. The zero-order valence-corrected chi connectivity index (χ0v) is 38.9. The van der Waals surface area contributed by atoms with E-state index in [1.165, 1.54) is 24.3 Å². The fraction of sp³-hybridized carbons (Fsp3) is 0.185. The third kappa shape index (κ3) is 18.7. The molecule has 72 heavy (non-hydrogen) atoms. The van der Waals surface area contributed by atoms with Crippen LogP contribution >= 0.6 is 0 Å². The molecule has 0 saturated heterocycles. The Bertz CT molecular complexity index is 2770. The average molecular weight is 993 g/mol. The summed E-state index contributed by atoms with van der Waals surface area (Å²) in [4.78, 5) is 48.7. The molecule has 6 aromatic carbocycles. The number of carbonyl (C=O) groups excluding carboxylic acids is 4. The number of anilines is 4. The van der Waals surface area contributed by atoms with Crippen molar-refractivity contribution in [2.45, 2.75) is 51.9 Å². The largest absolute Gasteiger partial charge is 0.494 e. The zero-order chi connectivity index (χ0) is 52.0. The maximum absolute atomic E-state index is 13.0. The van der Waals surface area contributed by atoms with Crippen LogP contribution in [0.4, 0.5) is 40.3 Å². The number of nitrogen functional groups attached to an aromatic ring is 4. The smallest absolute Gasteiger partial charge is 0.461 e. The zero-order valence-electron chi connectivity index (χ0n) is 38.9. The van der Waals surface area contributed by atoms with Gasteiger partial charge in [0.05, 0.1) is 24.3 Å². The van der Waals surface area contributed by atoms with Crippen LogP contribution in [0, 0.1) is 0 Å². The quantitative estimate of drug-likeness (QED) is 0.0124. The molecular formula is C54H52F4N4O10. The third-order valence-corrected chi connectivity index (χ3v) is 9.73. The van der Waals surface area contributed by atoms with Gasteiger partial charge in [-0.3, -0.25) is 4.79 Å². The number of nitrogens with two attached hydrogens (primary N) is 4. The molecule has 0 aliphatic heterocycles. The Labute approximate surface area is 412 Å². The van der Waals surface area contributed by atoms with E-state index in [4.69, 9.17) is 46.6 Å². The highest BCUT2D eigenvalue weighted by Crippen LogP contribution is 2.28. The first-order valence-electron chi connectivity index (χ1n) is 22.2. The molecule has 18 heteroatoms. The number of alkyl halides is 4. The Morgan fingerprint density at radius 3 is 1.49 bits per heavy atom. The first kappa shape index (κ1) is 54.3. The number of hydrogen-bond donors (Lipinski definition) is 4. The molecular weight excluding hydrogens is 941 g/mol. The molecule has 376 valence electrons. The van der Waals surface area contributed by atoms with E-state index in [1.807, 2.05) is 0 Å². The van der Waals surface area contributed by atoms with Gasteiger partial charge in [-0.1, -0.05) is 50.1 Å². The van der Waals surface area contributed by atoms with Gasteiger partial charge in [0.15, 0.2) is 5.78 Å². The van der Waals surface area contributed by atoms with Gasteiger partial charge in [-0.2, -0.15) is 17.6 Å². The Hall–Kier alpha value is -8.64. The van der Waals surface area contributed by atoms with Crippen molar-refractivity contribution in [1.29, 1.82) is 0 Å².